The third kappa shape index (κ3) is 3.87. The Morgan fingerprint density at radius 1 is 1.11 bits per heavy atom. The van der Waals surface area contributed by atoms with Gasteiger partial charge in [0, 0.05) is 12.7 Å². The number of hydrogen-bond donors (Lipinski definition) is 1. The molecule has 2 amide bonds. The summed E-state index contributed by atoms with van der Waals surface area (Å²) >= 11 is 0. The number of rotatable bonds is 6. The van der Waals surface area contributed by atoms with Crippen molar-refractivity contribution in [3.63, 3.8) is 0 Å². The van der Waals surface area contributed by atoms with Crippen LogP contribution in [0.25, 0.3) is 0 Å². The van der Waals surface area contributed by atoms with Crippen LogP contribution in [0, 0.1) is 5.82 Å². The molecule has 0 aromatic heterocycles. The molecule has 1 aliphatic rings. The largest absolute Gasteiger partial charge is 0.336 e. The maximum Gasteiger partial charge on any atom is 0.243 e. The summed E-state index contributed by atoms with van der Waals surface area (Å²) in [5.74, 6) is -0.623. The third-order valence-corrected chi connectivity index (χ3v) is 5.41. The highest BCUT2D eigenvalue weighted by molar-refractivity contribution is 5.97. The standard InChI is InChI=1S/C22H25FN2O2/c1-3-16-7-4-5-8-19(16)24-20(26)15-25(2)21(27)22(13-6-14-22)17-9-11-18(23)12-10-17/h4-5,7-12H,3,6,13-15H2,1-2H3,(H,24,26). The zero-order valence-corrected chi connectivity index (χ0v) is 15.8. The van der Waals surface area contributed by atoms with Gasteiger partial charge in [-0.2, -0.15) is 0 Å². The highest BCUT2D eigenvalue weighted by atomic mass is 19.1. The van der Waals surface area contributed by atoms with Gasteiger partial charge in [-0.1, -0.05) is 43.7 Å². The lowest BCUT2D eigenvalue weighted by Crippen LogP contribution is -2.51. The monoisotopic (exact) mass is 368 g/mol. The lowest BCUT2D eigenvalue weighted by molar-refractivity contribution is -0.141. The van der Waals surface area contributed by atoms with Crippen LogP contribution in [0.1, 0.15) is 37.3 Å². The summed E-state index contributed by atoms with van der Waals surface area (Å²) in [6.45, 7) is 2.02. The second kappa shape index (κ2) is 7.91. The van der Waals surface area contributed by atoms with E-state index in [1.54, 1.807) is 19.2 Å². The Morgan fingerprint density at radius 3 is 2.37 bits per heavy atom. The molecule has 0 atom stereocenters. The second-order valence-electron chi connectivity index (χ2n) is 7.16. The number of carbonyl (C=O) groups excluding carboxylic acids is 2. The fourth-order valence-corrected chi connectivity index (χ4v) is 3.72. The van der Waals surface area contributed by atoms with Crippen molar-refractivity contribution in [1.82, 2.24) is 4.90 Å². The highest BCUT2D eigenvalue weighted by Crippen LogP contribution is 2.45. The van der Waals surface area contributed by atoms with Gasteiger partial charge >= 0.3 is 0 Å². The average Bonchev–Trinajstić information content (AvgIpc) is 2.62. The lowest BCUT2D eigenvalue weighted by Gasteiger charge is -2.43. The van der Waals surface area contributed by atoms with Crippen LogP contribution in [0.5, 0.6) is 0 Å². The van der Waals surface area contributed by atoms with E-state index in [1.165, 1.54) is 17.0 Å². The average molecular weight is 368 g/mol. The molecular formula is C22H25FN2O2. The first-order valence-electron chi connectivity index (χ1n) is 9.35. The van der Waals surface area contributed by atoms with Gasteiger partial charge in [-0.15, -0.1) is 0 Å². The number of carbonyl (C=O) groups is 2. The minimum absolute atomic E-state index is 0.0141. The van der Waals surface area contributed by atoms with E-state index in [1.807, 2.05) is 31.2 Å². The zero-order chi connectivity index (χ0) is 19.4. The fourth-order valence-electron chi connectivity index (χ4n) is 3.72. The van der Waals surface area contributed by atoms with Gasteiger partial charge in [-0.05, 0) is 48.6 Å². The van der Waals surface area contributed by atoms with E-state index < -0.39 is 5.41 Å². The Balaban J connectivity index is 1.69. The quantitative estimate of drug-likeness (QED) is 0.840. The number of halogens is 1. The third-order valence-electron chi connectivity index (χ3n) is 5.41. The number of amides is 2. The van der Waals surface area contributed by atoms with E-state index in [9.17, 15) is 14.0 Å². The van der Waals surface area contributed by atoms with Gasteiger partial charge in [0.1, 0.15) is 5.82 Å². The molecule has 27 heavy (non-hydrogen) atoms. The molecule has 0 heterocycles. The van der Waals surface area contributed by atoms with Crippen LogP contribution in [0.3, 0.4) is 0 Å². The SMILES string of the molecule is CCc1ccccc1NC(=O)CN(C)C(=O)C1(c2ccc(F)cc2)CCC1. The molecule has 1 aliphatic carbocycles. The first-order valence-corrected chi connectivity index (χ1v) is 9.35. The van der Waals surface area contributed by atoms with Crippen LogP contribution in [-0.2, 0) is 21.4 Å². The molecule has 0 spiro atoms. The molecule has 0 saturated heterocycles. The highest BCUT2D eigenvalue weighted by Gasteiger charge is 2.47. The predicted octanol–water partition coefficient (Wildman–Crippen LogP) is 3.91. The first kappa shape index (κ1) is 19.1. The van der Waals surface area contributed by atoms with Crippen molar-refractivity contribution in [2.45, 2.75) is 38.0 Å². The molecular weight excluding hydrogens is 343 g/mol. The van der Waals surface area contributed by atoms with Crippen molar-refractivity contribution in [3.8, 4) is 0 Å². The number of nitrogens with one attached hydrogen (secondary N) is 1. The van der Waals surface area contributed by atoms with Gasteiger partial charge in [0.15, 0.2) is 0 Å². The van der Waals surface area contributed by atoms with Gasteiger partial charge in [0.05, 0.1) is 12.0 Å². The van der Waals surface area contributed by atoms with Crippen LogP contribution < -0.4 is 5.32 Å². The minimum Gasteiger partial charge on any atom is -0.336 e. The zero-order valence-electron chi connectivity index (χ0n) is 15.8. The molecule has 3 rings (SSSR count). The van der Waals surface area contributed by atoms with E-state index in [-0.39, 0.29) is 24.2 Å². The molecule has 0 unspecified atom stereocenters. The van der Waals surface area contributed by atoms with Crippen LogP contribution in [0.4, 0.5) is 10.1 Å². The van der Waals surface area contributed by atoms with Gasteiger partial charge in [-0.3, -0.25) is 9.59 Å². The maximum atomic E-state index is 13.2. The number of nitrogens with zero attached hydrogens (tertiary/aromatic N) is 1. The van der Waals surface area contributed by atoms with Crippen LogP contribution in [0.2, 0.25) is 0 Å². The Morgan fingerprint density at radius 2 is 1.78 bits per heavy atom. The summed E-state index contributed by atoms with van der Waals surface area (Å²) in [6, 6.07) is 13.8. The number of aryl methyl sites for hydroxylation is 1. The maximum absolute atomic E-state index is 13.2. The van der Waals surface area contributed by atoms with Crippen LogP contribution in [0.15, 0.2) is 48.5 Å². The lowest BCUT2D eigenvalue weighted by atomic mass is 9.63. The Hall–Kier alpha value is -2.69. The van der Waals surface area contributed by atoms with Gasteiger partial charge in [0.25, 0.3) is 0 Å². The Kier molecular flexibility index (Phi) is 5.59. The normalized spacial score (nSPS) is 14.9. The van der Waals surface area contributed by atoms with Gasteiger partial charge < -0.3 is 10.2 Å². The molecule has 1 N–H and O–H groups in total. The molecule has 142 valence electrons. The smallest absolute Gasteiger partial charge is 0.243 e. The van der Waals surface area contributed by atoms with E-state index in [0.29, 0.717) is 0 Å². The number of benzene rings is 2. The number of anilines is 1. The van der Waals surface area contributed by atoms with Crippen molar-refractivity contribution in [1.29, 1.82) is 0 Å². The van der Waals surface area contributed by atoms with Gasteiger partial charge in [0.2, 0.25) is 11.8 Å². The Bertz CT molecular complexity index is 828. The molecule has 1 saturated carbocycles. The molecule has 0 bridgehead atoms. The van der Waals surface area contributed by atoms with Crippen molar-refractivity contribution in [2.24, 2.45) is 0 Å². The van der Waals surface area contributed by atoms with Crippen molar-refractivity contribution in [3.05, 3.63) is 65.5 Å². The number of para-hydroxylation sites is 1. The van der Waals surface area contributed by atoms with E-state index in [2.05, 4.69) is 5.32 Å². The van der Waals surface area contributed by atoms with E-state index >= 15 is 0 Å². The molecule has 4 nitrogen and oxygen atoms in total. The van der Waals surface area contributed by atoms with E-state index in [4.69, 9.17) is 0 Å². The summed E-state index contributed by atoms with van der Waals surface area (Å²) in [7, 11) is 1.65. The van der Waals surface area contributed by atoms with Crippen LogP contribution >= 0.6 is 0 Å². The minimum atomic E-state index is -0.635. The van der Waals surface area contributed by atoms with Crippen molar-refractivity contribution >= 4 is 17.5 Å². The molecule has 5 heteroatoms. The molecule has 1 fully saturated rings. The first-order chi connectivity index (χ1) is 13.0. The summed E-state index contributed by atoms with van der Waals surface area (Å²) in [6.07, 6.45) is 3.22. The fraction of sp³-hybridized carbons (Fsp3) is 0.364. The summed E-state index contributed by atoms with van der Waals surface area (Å²) in [4.78, 5) is 27.0. The molecule has 2 aromatic rings. The van der Waals surface area contributed by atoms with Crippen LogP contribution in [-0.4, -0.2) is 30.3 Å². The van der Waals surface area contributed by atoms with Crippen molar-refractivity contribution < 1.29 is 14.0 Å². The van der Waals surface area contributed by atoms with Gasteiger partial charge in [-0.25, -0.2) is 4.39 Å². The Labute approximate surface area is 159 Å². The number of hydrogen-bond acceptors (Lipinski definition) is 2. The summed E-state index contributed by atoms with van der Waals surface area (Å²) in [5, 5.41) is 2.90. The topological polar surface area (TPSA) is 49.4 Å². The molecule has 0 aliphatic heterocycles. The predicted molar refractivity (Wildman–Crippen MR) is 104 cm³/mol. The molecule has 2 aromatic carbocycles. The summed E-state index contributed by atoms with van der Waals surface area (Å²) < 4.78 is 13.2. The second-order valence-corrected chi connectivity index (χ2v) is 7.16. The van der Waals surface area contributed by atoms with E-state index in [0.717, 1.165) is 42.5 Å². The summed E-state index contributed by atoms with van der Waals surface area (Å²) in [5.41, 5.74) is 2.03. The number of likely N-dealkylation sites (N-methyl/N-ethyl adjacent to an activating group) is 1. The molecule has 0 radical (unpaired) electrons. The van der Waals surface area contributed by atoms with Crippen molar-refractivity contribution in [2.75, 3.05) is 18.9 Å².